The lowest BCUT2D eigenvalue weighted by Crippen LogP contribution is -2.36. The second-order valence-electron chi connectivity index (χ2n) is 7.21. The number of carbonyl (C=O) groups excluding carboxylic acids is 1. The third kappa shape index (κ3) is 4.10. The van der Waals surface area contributed by atoms with Gasteiger partial charge in [-0.1, -0.05) is 24.3 Å². The van der Waals surface area contributed by atoms with Gasteiger partial charge >= 0.3 is 0 Å². The predicted molar refractivity (Wildman–Crippen MR) is 117 cm³/mol. The number of benzene rings is 2. The van der Waals surface area contributed by atoms with Crippen molar-refractivity contribution in [1.29, 1.82) is 0 Å². The third-order valence-electron chi connectivity index (χ3n) is 4.75. The average molecular weight is 399 g/mol. The maximum Gasteiger partial charge on any atom is 0.258 e. The van der Waals surface area contributed by atoms with Gasteiger partial charge in [0.15, 0.2) is 0 Å². The van der Waals surface area contributed by atoms with Gasteiger partial charge in [-0.05, 0) is 44.2 Å². The number of para-hydroxylation sites is 3. The largest absolute Gasteiger partial charge is 0.329 e. The van der Waals surface area contributed by atoms with Crippen LogP contribution in [0.25, 0.3) is 28.0 Å². The van der Waals surface area contributed by atoms with Crippen molar-refractivity contribution in [2.45, 2.75) is 26.4 Å². The molecule has 0 saturated carbocycles. The molecule has 0 unspecified atom stereocenters. The first-order chi connectivity index (χ1) is 14.5. The molecule has 7 nitrogen and oxygen atoms in total. The van der Waals surface area contributed by atoms with E-state index in [1.54, 1.807) is 35.4 Å². The molecule has 2 heterocycles. The van der Waals surface area contributed by atoms with Crippen LogP contribution in [-0.4, -0.2) is 36.8 Å². The van der Waals surface area contributed by atoms with E-state index in [-0.39, 0.29) is 24.1 Å². The molecule has 0 aliphatic heterocycles. The maximum atomic E-state index is 12.8. The van der Waals surface area contributed by atoms with Gasteiger partial charge in [0.05, 0.1) is 40.4 Å². The van der Waals surface area contributed by atoms with Crippen LogP contribution in [0.5, 0.6) is 0 Å². The maximum absolute atomic E-state index is 12.8. The van der Waals surface area contributed by atoms with E-state index in [9.17, 15) is 9.59 Å². The highest BCUT2D eigenvalue weighted by atomic mass is 16.2. The molecule has 0 bridgehead atoms. The highest BCUT2D eigenvalue weighted by molar-refractivity contribution is 5.92. The Morgan fingerprint density at radius 1 is 1.03 bits per heavy atom. The SMILES string of the molecule is CC(C)N(Cc1nc2ccccc2c(=O)[nH]1)C(=O)/C=C/c1cnc2ccccc2n1. The van der Waals surface area contributed by atoms with Gasteiger partial charge < -0.3 is 9.88 Å². The lowest BCUT2D eigenvalue weighted by molar-refractivity contribution is -0.128. The van der Waals surface area contributed by atoms with Crippen LogP contribution in [-0.2, 0) is 11.3 Å². The van der Waals surface area contributed by atoms with E-state index in [0.29, 0.717) is 22.4 Å². The number of amides is 1. The van der Waals surface area contributed by atoms with Gasteiger partial charge in [-0.2, -0.15) is 0 Å². The number of aromatic amines is 1. The van der Waals surface area contributed by atoms with E-state index in [0.717, 1.165) is 11.0 Å². The van der Waals surface area contributed by atoms with Crippen molar-refractivity contribution in [3.05, 3.63) is 82.7 Å². The lowest BCUT2D eigenvalue weighted by atomic mass is 10.2. The molecule has 1 amide bonds. The first-order valence-electron chi connectivity index (χ1n) is 9.69. The second-order valence-corrected chi connectivity index (χ2v) is 7.21. The first kappa shape index (κ1) is 19.4. The molecule has 0 radical (unpaired) electrons. The van der Waals surface area contributed by atoms with Gasteiger partial charge in [0.2, 0.25) is 5.91 Å². The quantitative estimate of drug-likeness (QED) is 0.520. The number of hydrogen-bond donors (Lipinski definition) is 1. The molecule has 4 rings (SSSR count). The van der Waals surface area contributed by atoms with E-state index in [1.807, 2.05) is 44.2 Å². The minimum absolute atomic E-state index is 0.0818. The number of rotatable bonds is 5. The highest BCUT2D eigenvalue weighted by Gasteiger charge is 2.17. The summed E-state index contributed by atoms with van der Waals surface area (Å²) in [5, 5.41) is 0.526. The van der Waals surface area contributed by atoms with Crippen LogP contribution in [0.15, 0.2) is 65.6 Å². The van der Waals surface area contributed by atoms with Crippen molar-refractivity contribution in [2.24, 2.45) is 0 Å². The van der Waals surface area contributed by atoms with Crippen molar-refractivity contribution >= 4 is 33.9 Å². The Balaban J connectivity index is 1.57. The molecule has 2 aromatic heterocycles. The summed E-state index contributed by atoms with van der Waals surface area (Å²) in [6.45, 7) is 4.03. The Hall–Kier alpha value is -3.87. The minimum atomic E-state index is -0.214. The van der Waals surface area contributed by atoms with Crippen LogP contribution in [0.3, 0.4) is 0 Å². The zero-order chi connectivity index (χ0) is 21.1. The molecular weight excluding hydrogens is 378 g/mol. The van der Waals surface area contributed by atoms with Gasteiger partial charge in [0, 0.05) is 12.1 Å². The molecule has 0 aliphatic rings. The summed E-state index contributed by atoms with van der Waals surface area (Å²) in [4.78, 5) is 42.9. The number of H-pyrrole nitrogens is 1. The Labute approximate surface area is 173 Å². The molecule has 1 N–H and O–H groups in total. The van der Waals surface area contributed by atoms with Crippen molar-refractivity contribution in [3.8, 4) is 0 Å². The predicted octanol–water partition coefficient (Wildman–Crippen LogP) is 3.32. The summed E-state index contributed by atoms with van der Waals surface area (Å²) < 4.78 is 0. The number of nitrogens with zero attached hydrogens (tertiary/aromatic N) is 4. The van der Waals surface area contributed by atoms with Crippen molar-refractivity contribution < 1.29 is 4.79 Å². The van der Waals surface area contributed by atoms with E-state index >= 15 is 0 Å². The minimum Gasteiger partial charge on any atom is -0.329 e. The summed E-state index contributed by atoms with van der Waals surface area (Å²) in [5.41, 5.74) is 2.56. The summed E-state index contributed by atoms with van der Waals surface area (Å²) in [6, 6.07) is 14.6. The van der Waals surface area contributed by atoms with Gasteiger partial charge in [0.25, 0.3) is 5.56 Å². The molecule has 7 heteroatoms. The van der Waals surface area contributed by atoms with Crippen molar-refractivity contribution in [3.63, 3.8) is 0 Å². The summed E-state index contributed by atoms with van der Waals surface area (Å²) in [6.07, 6.45) is 4.75. The average Bonchev–Trinajstić information content (AvgIpc) is 2.75. The fourth-order valence-corrected chi connectivity index (χ4v) is 3.19. The van der Waals surface area contributed by atoms with Crippen LogP contribution >= 0.6 is 0 Å². The summed E-state index contributed by atoms with van der Waals surface area (Å²) >= 11 is 0. The first-order valence-corrected chi connectivity index (χ1v) is 9.69. The second kappa shape index (κ2) is 8.24. The fraction of sp³-hybridized carbons (Fsp3) is 0.174. The Morgan fingerprint density at radius 3 is 2.50 bits per heavy atom. The van der Waals surface area contributed by atoms with Gasteiger partial charge in [-0.15, -0.1) is 0 Å². The molecule has 4 aromatic rings. The fourth-order valence-electron chi connectivity index (χ4n) is 3.19. The Morgan fingerprint density at radius 2 is 1.73 bits per heavy atom. The third-order valence-corrected chi connectivity index (χ3v) is 4.75. The number of carbonyl (C=O) groups is 1. The molecule has 0 saturated heterocycles. The zero-order valence-electron chi connectivity index (χ0n) is 16.7. The van der Waals surface area contributed by atoms with E-state index in [2.05, 4.69) is 19.9 Å². The number of fused-ring (bicyclic) bond motifs is 2. The molecular formula is C23H21N5O2. The Kier molecular flexibility index (Phi) is 5.34. The van der Waals surface area contributed by atoms with Crippen molar-refractivity contribution in [1.82, 2.24) is 24.8 Å². The molecule has 150 valence electrons. The number of nitrogens with one attached hydrogen (secondary N) is 1. The molecule has 0 atom stereocenters. The van der Waals surface area contributed by atoms with Gasteiger partial charge in [-0.25, -0.2) is 9.97 Å². The number of hydrogen-bond acceptors (Lipinski definition) is 5. The van der Waals surface area contributed by atoms with Gasteiger partial charge in [-0.3, -0.25) is 14.6 Å². The normalized spacial score (nSPS) is 11.6. The smallest absolute Gasteiger partial charge is 0.258 e. The van der Waals surface area contributed by atoms with Gasteiger partial charge in [0.1, 0.15) is 5.82 Å². The highest BCUT2D eigenvalue weighted by Crippen LogP contribution is 2.12. The molecule has 0 aliphatic carbocycles. The van der Waals surface area contributed by atoms with Crippen LogP contribution in [0.1, 0.15) is 25.4 Å². The summed E-state index contributed by atoms with van der Waals surface area (Å²) in [5.74, 6) is 0.246. The van der Waals surface area contributed by atoms with Crippen LogP contribution in [0.4, 0.5) is 0 Å². The lowest BCUT2D eigenvalue weighted by Gasteiger charge is -2.25. The monoisotopic (exact) mass is 399 g/mol. The van der Waals surface area contributed by atoms with Crippen LogP contribution in [0, 0.1) is 0 Å². The van der Waals surface area contributed by atoms with E-state index in [4.69, 9.17) is 0 Å². The summed E-state index contributed by atoms with van der Waals surface area (Å²) in [7, 11) is 0. The molecule has 2 aromatic carbocycles. The van der Waals surface area contributed by atoms with E-state index < -0.39 is 0 Å². The van der Waals surface area contributed by atoms with E-state index in [1.165, 1.54) is 6.08 Å². The molecule has 0 fully saturated rings. The zero-order valence-corrected chi connectivity index (χ0v) is 16.7. The standard InChI is InChI=1S/C23H21N5O2/c1-15(2)28(14-21-26-18-8-4-3-7-17(18)23(30)27-21)22(29)12-11-16-13-24-19-9-5-6-10-20(19)25-16/h3-13,15H,14H2,1-2H3,(H,26,27,30)/b12-11+. The topological polar surface area (TPSA) is 91.8 Å². The number of aromatic nitrogens is 4. The van der Waals surface area contributed by atoms with Crippen LogP contribution < -0.4 is 5.56 Å². The Bertz CT molecular complexity index is 1310. The van der Waals surface area contributed by atoms with Crippen molar-refractivity contribution in [2.75, 3.05) is 0 Å². The van der Waals surface area contributed by atoms with Crippen LogP contribution in [0.2, 0.25) is 0 Å². The molecule has 0 spiro atoms. The molecule has 30 heavy (non-hydrogen) atoms.